The van der Waals surface area contributed by atoms with Crippen LogP contribution in [0.2, 0.25) is 0 Å². The minimum atomic E-state index is 1.01. The Morgan fingerprint density at radius 2 is 0.795 bits per heavy atom. The molecular weight excluding hydrogens is 470 g/mol. The van der Waals surface area contributed by atoms with Crippen molar-refractivity contribution >= 4 is 17.1 Å². The van der Waals surface area contributed by atoms with Gasteiger partial charge in [-0.25, -0.2) is 0 Å². The lowest BCUT2D eigenvalue weighted by molar-refractivity contribution is 1.04. The fourth-order valence-corrected chi connectivity index (χ4v) is 4.41. The van der Waals surface area contributed by atoms with Crippen LogP contribution < -0.4 is 4.90 Å². The van der Waals surface area contributed by atoms with Gasteiger partial charge in [0.15, 0.2) is 0 Å². The SMILES string of the molecule is CC.CC.CC.CC.CCc1ccccc1CC.Cc1ccccc1N1c2ccccc2Cc2ccccc21. The van der Waals surface area contributed by atoms with Gasteiger partial charge in [-0.1, -0.05) is 148 Å². The van der Waals surface area contributed by atoms with Gasteiger partial charge in [-0.15, -0.1) is 0 Å². The van der Waals surface area contributed by atoms with E-state index in [-0.39, 0.29) is 0 Å². The summed E-state index contributed by atoms with van der Waals surface area (Å²) in [5.41, 5.74) is 10.9. The number of benzene rings is 4. The molecule has 1 aliphatic heterocycles. The number of para-hydroxylation sites is 3. The minimum absolute atomic E-state index is 1.01. The average Bonchev–Trinajstić information content (AvgIpc) is 3.04. The largest absolute Gasteiger partial charge is 0.310 e. The highest BCUT2D eigenvalue weighted by Gasteiger charge is 2.23. The lowest BCUT2D eigenvalue weighted by Gasteiger charge is -2.34. The van der Waals surface area contributed by atoms with Crippen molar-refractivity contribution in [1.29, 1.82) is 0 Å². The van der Waals surface area contributed by atoms with Crippen LogP contribution in [0, 0.1) is 6.92 Å². The first-order valence-corrected chi connectivity index (χ1v) is 15.3. The monoisotopic (exact) mass is 525 g/mol. The van der Waals surface area contributed by atoms with Gasteiger partial charge in [0.05, 0.1) is 0 Å². The first-order valence-electron chi connectivity index (χ1n) is 15.3. The van der Waals surface area contributed by atoms with Crippen LogP contribution in [0.1, 0.15) is 97.1 Å². The van der Waals surface area contributed by atoms with Crippen LogP contribution in [-0.2, 0) is 19.3 Å². The molecule has 0 atom stereocenters. The van der Waals surface area contributed by atoms with E-state index in [1.165, 1.54) is 44.9 Å². The minimum Gasteiger partial charge on any atom is -0.310 e. The Kier molecular flexibility index (Phi) is 19.8. The van der Waals surface area contributed by atoms with Crippen LogP contribution >= 0.6 is 0 Å². The summed E-state index contributed by atoms with van der Waals surface area (Å²) in [5, 5.41) is 0. The van der Waals surface area contributed by atoms with Gasteiger partial charge in [0, 0.05) is 23.5 Å². The van der Waals surface area contributed by atoms with Crippen molar-refractivity contribution < 1.29 is 0 Å². The Bertz CT molecular complexity index is 1070. The summed E-state index contributed by atoms with van der Waals surface area (Å²) in [6.07, 6.45) is 3.32. The van der Waals surface area contributed by atoms with E-state index in [0.717, 1.165) is 19.3 Å². The van der Waals surface area contributed by atoms with Crippen molar-refractivity contribution in [1.82, 2.24) is 0 Å². The number of hydrogen-bond donors (Lipinski definition) is 0. The standard InChI is InChI=1S/C20H17N.C10H14.4C2H6/c1-15-8-2-5-11-18(15)21-19-12-6-3-9-16(19)14-17-10-4-7-13-20(17)21;1-3-9-7-5-6-8-10(9)4-2;4*1-2/h2-13H,14H2,1H3;5-8H,3-4H2,1-2H3;4*1-2H3. The summed E-state index contributed by atoms with van der Waals surface area (Å²) in [6, 6.07) is 34.6. The molecule has 1 aliphatic rings. The first kappa shape index (κ1) is 35.7. The zero-order valence-corrected chi connectivity index (χ0v) is 26.8. The summed E-state index contributed by atoms with van der Waals surface area (Å²) >= 11 is 0. The molecule has 0 saturated carbocycles. The van der Waals surface area contributed by atoms with E-state index in [1.807, 2.05) is 55.4 Å². The normalized spacial score (nSPS) is 9.97. The van der Waals surface area contributed by atoms with Gasteiger partial charge in [0.2, 0.25) is 0 Å². The number of rotatable bonds is 3. The van der Waals surface area contributed by atoms with Gasteiger partial charge in [0.25, 0.3) is 0 Å². The van der Waals surface area contributed by atoms with Crippen molar-refractivity contribution in [3.63, 3.8) is 0 Å². The van der Waals surface area contributed by atoms with E-state index in [1.54, 1.807) is 0 Å². The van der Waals surface area contributed by atoms with E-state index < -0.39 is 0 Å². The van der Waals surface area contributed by atoms with Crippen molar-refractivity contribution in [2.75, 3.05) is 4.90 Å². The van der Waals surface area contributed by atoms with Gasteiger partial charge in [-0.05, 0) is 65.8 Å². The van der Waals surface area contributed by atoms with Crippen molar-refractivity contribution in [2.45, 2.75) is 95.4 Å². The molecule has 0 aliphatic carbocycles. The molecule has 1 nitrogen and oxygen atoms in total. The average molecular weight is 526 g/mol. The second kappa shape index (κ2) is 21.6. The van der Waals surface area contributed by atoms with E-state index in [0.29, 0.717) is 0 Å². The highest BCUT2D eigenvalue weighted by Crippen LogP contribution is 2.44. The van der Waals surface area contributed by atoms with Gasteiger partial charge in [-0.2, -0.15) is 0 Å². The third kappa shape index (κ3) is 10.1. The maximum absolute atomic E-state index is 2.39. The number of hydrogen-bond acceptors (Lipinski definition) is 1. The lowest BCUT2D eigenvalue weighted by Crippen LogP contribution is -2.19. The predicted molar refractivity (Wildman–Crippen MR) is 179 cm³/mol. The molecule has 0 bridgehead atoms. The summed E-state index contributed by atoms with van der Waals surface area (Å²) in [5.74, 6) is 0. The van der Waals surface area contributed by atoms with Gasteiger partial charge >= 0.3 is 0 Å². The number of nitrogens with zero attached hydrogens (tertiary/aromatic N) is 1. The highest BCUT2D eigenvalue weighted by molar-refractivity contribution is 5.84. The second-order valence-corrected chi connectivity index (χ2v) is 8.03. The number of aryl methyl sites for hydroxylation is 3. The molecule has 0 saturated heterocycles. The summed E-state index contributed by atoms with van der Waals surface area (Å²) < 4.78 is 0. The molecular formula is C38H55N. The van der Waals surface area contributed by atoms with Crippen molar-refractivity contribution in [3.8, 4) is 0 Å². The van der Waals surface area contributed by atoms with E-state index >= 15 is 0 Å². The third-order valence-electron chi connectivity index (χ3n) is 6.08. The summed E-state index contributed by atoms with van der Waals surface area (Å²) in [4.78, 5) is 2.39. The van der Waals surface area contributed by atoms with Gasteiger partial charge in [-0.3, -0.25) is 0 Å². The Labute approximate surface area is 241 Å². The summed E-state index contributed by atoms with van der Waals surface area (Å²) in [7, 11) is 0. The number of fused-ring (bicyclic) bond motifs is 2. The fraction of sp³-hybridized carbons (Fsp3) is 0.368. The third-order valence-corrected chi connectivity index (χ3v) is 6.08. The zero-order valence-electron chi connectivity index (χ0n) is 26.8. The Balaban J connectivity index is 0.000000679. The van der Waals surface area contributed by atoms with E-state index in [4.69, 9.17) is 0 Å². The highest BCUT2D eigenvalue weighted by atomic mass is 15.2. The number of anilines is 3. The first-order chi connectivity index (χ1) is 19.2. The van der Waals surface area contributed by atoms with Crippen LogP contribution in [0.5, 0.6) is 0 Å². The Morgan fingerprint density at radius 3 is 1.18 bits per heavy atom. The molecule has 1 heteroatoms. The lowest BCUT2D eigenvalue weighted by atomic mass is 9.94. The topological polar surface area (TPSA) is 3.24 Å². The molecule has 39 heavy (non-hydrogen) atoms. The Morgan fingerprint density at radius 1 is 0.462 bits per heavy atom. The molecule has 0 aromatic heterocycles. The molecule has 212 valence electrons. The van der Waals surface area contributed by atoms with Crippen LogP contribution in [-0.4, -0.2) is 0 Å². The van der Waals surface area contributed by atoms with Gasteiger partial charge < -0.3 is 4.90 Å². The second-order valence-electron chi connectivity index (χ2n) is 8.03. The van der Waals surface area contributed by atoms with Crippen molar-refractivity contribution in [3.05, 3.63) is 125 Å². The molecule has 0 fully saturated rings. The maximum Gasteiger partial charge on any atom is 0.0497 e. The Hall–Kier alpha value is -3.32. The predicted octanol–water partition coefficient (Wildman–Crippen LogP) is 12.3. The molecule has 1 heterocycles. The van der Waals surface area contributed by atoms with E-state index in [2.05, 4.69) is 123 Å². The molecule has 4 aromatic carbocycles. The smallest absolute Gasteiger partial charge is 0.0497 e. The summed E-state index contributed by atoms with van der Waals surface area (Å²) in [6.45, 7) is 22.6. The van der Waals surface area contributed by atoms with E-state index in [9.17, 15) is 0 Å². The zero-order chi connectivity index (χ0) is 29.6. The maximum atomic E-state index is 2.39. The van der Waals surface area contributed by atoms with Crippen molar-refractivity contribution in [2.24, 2.45) is 0 Å². The molecule has 0 amide bonds. The molecule has 0 unspecified atom stereocenters. The van der Waals surface area contributed by atoms with Crippen LogP contribution in [0.3, 0.4) is 0 Å². The molecule has 4 aromatic rings. The fourth-order valence-electron chi connectivity index (χ4n) is 4.41. The van der Waals surface area contributed by atoms with Crippen LogP contribution in [0.15, 0.2) is 97.1 Å². The molecule has 5 rings (SSSR count). The quantitative estimate of drug-likeness (QED) is 0.226. The molecule has 0 radical (unpaired) electrons. The molecule has 0 N–H and O–H groups in total. The van der Waals surface area contributed by atoms with Crippen LogP contribution in [0.4, 0.5) is 17.1 Å². The van der Waals surface area contributed by atoms with Crippen LogP contribution in [0.25, 0.3) is 0 Å². The molecule has 0 spiro atoms. The van der Waals surface area contributed by atoms with Gasteiger partial charge in [0.1, 0.15) is 0 Å².